The van der Waals surface area contributed by atoms with Crippen molar-refractivity contribution in [2.24, 2.45) is 10.2 Å². The number of carbonyl (C=O) groups is 1. The van der Waals surface area contributed by atoms with Gasteiger partial charge in [-0.05, 0) is 37.6 Å². The first-order chi connectivity index (χ1) is 16.3. The summed E-state index contributed by atoms with van der Waals surface area (Å²) in [7, 11) is -2.66. The van der Waals surface area contributed by atoms with E-state index in [1.807, 2.05) is 6.92 Å². The van der Waals surface area contributed by atoms with Crippen LogP contribution >= 0.6 is 0 Å². The molecule has 10 nitrogen and oxygen atoms in total. The van der Waals surface area contributed by atoms with Crippen LogP contribution in [-0.2, 0) is 14.8 Å². The van der Waals surface area contributed by atoms with Gasteiger partial charge in [0.05, 0.1) is 13.7 Å². The highest BCUT2D eigenvalue weighted by atomic mass is 32.2. The molecule has 0 radical (unpaired) electrons. The van der Waals surface area contributed by atoms with Gasteiger partial charge in [0.1, 0.15) is 21.8 Å². The second-order valence-corrected chi connectivity index (χ2v) is 8.76. The SMILES string of the molecule is CCCOC(=O)c1c(C)c(/N=N/c2ccccc2S(=O)(=O)Nc2ccccc2)c(OC)[nH]c1=O. The first-order valence-electron chi connectivity index (χ1n) is 10.3. The smallest absolute Gasteiger partial charge is 0.344 e. The Morgan fingerprint density at radius 1 is 1.06 bits per heavy atom. The number of nitrogens with zero attached hydrogens (tertiary/aromatic N) is 2. The van der Waals surface area contributed by atoms with Gasteiger partial charge in [-0.1, -0.05) is 37.3 Å². The molecule has 0 atom stereocenters. The predicted molar refractivity (Wildman–Crippen MR) is 127 cm³/mol. The standard InChI is InChI=1S/C23H24N4O6S/c1-4-14-33-23(29)19-15(2)20(22(32-3)24-21(19)28)26-25-17-12-8-9-13-18(17)34(30,31)27-16-10-6-5-7-11-16/h5-13,27H,4,14H2,1-3H3,(H,24,28)/b26-25+. The number of hydrogen-bond donors (Lipinski definition) is 2. The van der Waals surface area contributed by atoms with Gasteiger partial charge >= 0.3 is 5.97 Å². The summed E-state index contributed by atoms with van der Waals surface area (Å²) in [4.78, 5) is 27.1. The van der Waals surface area contributed by atoms with Crippen molar-refractivity contribution < 1.29 is 22.7 Å². The maximum atomic E-state index is 13.0. The number of benzene rings is 2. The van der Waals surface area contributed by atoms with Crippen molar-refractivity contribution in [2.75, 3.05) is 18.4 Å². The average molecular weight is 485 g/mol. The fourth-order valence-corrected chi connectivity index (χ4v) is 4.25. The van der Waals surface area contributed by atoms with Crippen LogP contribution in [0, 0.1) is 6.92 Å². The molecule has 0 spiro atoms. The minimum Gasteiger partial charge on any atom is -0.481 e. The van der Waals surface area contributed by atoms with Crippen molar-refractivity contribution in [3.05, 3.63) is 76.1 Å². The van der Waals surface area contributed by atoms with Crippen LogP contribution < -0.4 is 15.0 Å². The maximum absolute atomic E-state index is 13.0. The summed E-state index contributed by atoms with van der Waals surface area (Å²) in [6, 6.07) is 14.5. The van der Waals surface area contributed by atoms with E-state index in [-0.39, 0.29) is 39.9 Å². The minimum absolute atomic E-state index is 0.0268. The molecule has 11 heteroatoms. The Morgan fingerprint density at radius 2 is 1.74 bits per heavy atom. The Hall–Kier alpha value is -3.99. The van der Waals surface area contributed by atoms with E-state index < -0.39 is 21.6 Å². The molecule has 0 aliphatic rings. The van der Waals surface area contributed by atoms with E-state index in [1.54, 1.807) is 42.5 Å². The Kier molecular flexibility index (Phi) is 7.79. The Bertz CT molecular complexity index is 1370. The number of esters is 1. The third-order valence-corrected chi connectivity index (χ3v) is 6.11. The molecular formula is C23H24N4O6S. The van der Waals surface area contributed by atoms with Crippen LogP contribution in [0.15, 0.2) is 74.5 Å². The highest BCUT2D eigenvalue weighted by Crippen LogP contribution is 2.33. The topological polar surface area (TPSA) is 139 Å². The molecule has 0 amide bonds. The number of para-hydroxylation sites is 1. The van der Waals surface area contributed by atoms with Crippen molar-refractivity contribution >= 4 is 33.1 Å². The lowest BCUT2D eigenvalue weighted by atomic mass is 10.1. The van der Waals surface area contributed by atoms with E-state index >= 15 is 0 Å². The Morgan fingerprint density at radius 3 is 2.41 bits per heavy atom. The monoisotopic (exact) mass is 484 g/mol. The molecule has 1 aromatic heterocycles. The highest BCUT2D eigenvalue weighted by molar-refractivity contribution is 7.92. The number of nitrogens with one attached hydrogen (secondary N) is 2. The molecule has 178 valence electrons. The van der Waals surface area contributed by atoms with Crippen LogP contribution in [0.25, 0.3) is 0 Å². The van der Waals surface area contributed by atoms with Crippen molar-refractivity contribution in [2.45, 2.75) is 25.2 Å². The molecule has 0 saturated carbocycles. The summed E-state index contributed by atoms with van der Waals surface area (Å²) in [6.45, 7) is 3.49. The number of ether oxygens (including phenoxy) is 2. The number of sulfonamides is 1. The van der Waals surface area contributed by atoms with Crippen LogP contribution in [0.2, 0.25) is 0 Å². The summed E-state index contributed by atoms with van der Waals surface area (Å²) in [5.41, 5.74) is -0.224. The van der Waals surface area contributed by atoms with Gasteiger partial charge in [0.15, 0.2) is 0 Å². The highest BCUT2D eigenvalue weighted by Gasteiger charge is 2.23. The van der Waals surface area contributed by atoms with E-state index in [4.69, 9.17) is 9.47 Å². The molecule has 34 heavy (non-hydrogen) atoms. The van der Waals surface area contributed by atoms with Crippen LogP contribution in [-0.4, -0.2) is 33.1 Å². The number of methoxy groups -OCH3 is 1. The number of aromatic amines is 1. The number of anilines is 1. The fourth-order valence-electron chi connectivity index (χ4n) is 3.05. The van der Waals surface area contributed by atoms with E-state index in [2.05, 4.69) is 19.9 Å². The molecule has 0 saturated heterocycles. The molecule has 0 fully saturated rings. The van der Waals surface area contributed by atoms with Gasteiger partial charge in [-0.25, -0.2) is 13.2 Å². The second kappa shape index (κ2) is 10.8. The lowest BCUT2D eigenvalue weighted by molar-refractivity contribution is 0.0502. The third-order valence-electron chi connectivity index (χ3n) is 4.68. The molecular weight excluding hydrogens is 460 g/mol. The largest absolute Gasteiger partial charge is 0.481 e. The van der Waals surface area contributed by atoms with E-state index in [0.29, 0.717) is 12.1 Å². The van der Waals surface area contributed by atoms with Gasteiger partial charge in [0.2, 0.25) is 5.88 Å². The number of aromatic nitrogens is 1. The minimum atomic E-state index is -3.98. The first-order valence-corrected chi connectivity index (χ1v) is 11.8. The van der Waals surface area contributed by atoms with Gasteiger partial charge in [-0.2, -0.15) is 0 Å². The summed E-state index contributed by atoms with van der Waals surface area (Å²) in [5.74, 6) is -0.823. The zero-order valence-corrected chi connectivity index (χ0v) is 19.7. The summed E-state index contributed by atoms with van der Waals surface area (Å²) < 4.78 is 38.7. The van der Waals surface area contributed by atoms with Crippen LogP contribution in [0.5, 0.6) is 5.88 Å². The lowest BCUT2D eigenvalue weighted by Gasteiger charge is -2.11. The van der Waals surface area contributed by atoms with Crippen molar-refractivity contribution in [3.63, 3.8) is 0 Å². The third kappa shape index (κ3) is 5.49. The van der Waals surface area contributed by atoms with Crippen LogP contribution in [0.3, 0.4) is 0 Å². The Labute approximate surface area is 196 Å². The average Bonchev–Trinajstić information content (AvgIpc) is 2.82. The molecule has 1 heterocycles. The molecule has 2 N–H and O–H groups in total. The van der Waals surface area contributed by atoms with Gasteiger partial charge in [0, 0.05) is 11.3 Å². The molecule has 2 aromatic carbocycles. The fraction of sp³-hybridized carbons (Fsp3) is 0.217. The van der Waals surface area contributed by atoms with Crippen molar-refractivity contribution in [3.8, 4) is 5.88 Å². The lowest BCUT2D eigenvalue weighted by Crippen LogP contribution is -2.22. The quantitative estimate of drug-likeness (QED) is 0.339. The first kappa shape index (κ1) is 24.6. The number of carbonyl (C=O) groups excluding carboxylic acids is 1. The molecule has 3 aromatic rings. The van der Waals surface area contributed by atoms with Crippen LogP contribution in [0.4, 0.5) is 17.1 Å². The number of rotatable bonds is 9. The van der Waals surface area contributed by atoms with Crippen molar-refractivity contribution in [1.82, 2.24) is 4.98 Å². The Balaban J connectivity index is 2.04. The van der Waals surface area contributed by atoms with Crippen LogP contribution in [0.1, 0.15) is 29.3 Å². The molecule has 0 aliphatic heterocycles. The molecule has 0 bridgehead atoms. The van der Waals surface area contributed by atoms with Gasteiger partial charge in [0.25, 0.3) is 15.6 Å². The van der Waals surface area contributed by atoms with Gasteiger partial charge < -0.3 is 9.47 Å². The summed E-state index contributed by atoms with van der Waals surface area (Å²) in [5, 5.41) is 8.22. The number of azo groups is 1. The van der Waals surface area contributed by atoms with E-state index in [1.165, 1.54) is 26.2 Å². The normalized spacial score (nSPS) is 11.4. The van der Waals surface area contributed by atoms with Crippen molar-refractivity contribution in [1.29, 1.82) is 0 Å². The number of hydrogen-bond acceptors (Lipinski definition) is 8. The zero-order chi connectivity index (χ0) is 24.7. The van der Waals surface area contributed by atoms with E-state index in [9.17, 15) is 18.0 Å². The predicted octanol–water partition coefficient (Wildman–Crippen LogP) is 4.47. The second-order valence-electron chi connectivity index (χ2n) is 7.11. The zero-order valence-electron chi connectivity index (χ0n) is 18.9. The number of H-pyrrole nitrogens is 1. The molecule has 3 rings (SSSR count). The summed E-state index contributed by atoms with van der Waals surface area (Å²) in [6.07, 6.45) is 0.591. The maximum Gasteiger partial charge on any atom is 0.344 e. The summed E-state index contributed by atoms with van der Waals surface area (Å²) >= 11 is 0. The van der Waals surface area contributed by atoms with Gasteiger partial charge in [-0.3, -0.25) is 14.5 Å². The van der Waals surface area contributed by atoms with Gasteiger partial charge in [-0.15, -0.1) is 10.2 Å². The number of pyridine rings is 1. The molecule has 0 unspecified atom stereocenters. The van der Waals surface area contributed by atoms with E-state index in [0.717, 1.165) is 0 Å². The molecule has 0 aliphatic carbocycles.